The molecule has 1 amide bonds. The summed E-state index contributed by atoms with van der Waals surface area (Å²) in [5.74, 6) is 0.523. The highest BCUT2D eigenvalue weighted by molar-refractivity contribution is 6.28. The van der Waals surface area contributed by atoms with Crippen LogP contribution in [0.4, 0.5) is 11.9 Å². The van der Waals surface area contributed by atoms with Crippen molar-refractivity contribution in [1.29, 1.82) is 0 Å². The lowest BCUT2D eigenvalue weighted by atomic mass is 10.1. The van der Waals surface area contributed by atoms with Crippen molar-refractivity contribution >= 4 is 29.4 Å². The zero-order chi connectivity index (χ0) is 16.0. The molecular formula is C13H23ClN6O. The van der Waals surface area contributed by atoms with Gasteiger partial charge in [-0.05, 0) is 45.7 Å². The van der Waals surface area contributed by atoms with Crippen molar-refractivity contribution in [2.45, 2.75) is 52.6 Å². The van der Waals surface area contributed by atoms with Crippen molar-refractivity contribution in [2.24, 2.45) is 0 Å². The van der Waals surface area contributed by atoms with Gasteiger partial charge in [0, 0.05) is 12.1 Å². The second-order valence-corrected chi connectivity index (χ2v) is 6.12. The van der Waals surface area contributed by atoms with E-state index in [0.29, 0.717) is 5.95 Å². The lowest BCUT2D eigenvalue weighted by Gasteiger charge is -2.23. The molecule has 3 N–H and O–H groups in total. The Morgan fingerprint density at radius 2 is 1.86 bits per heavy atom. The zero-order valence-electron chi connectivity index (χ0n) is 13.1. The number of halogens is 1. The molecule has 0 radical (unpaired) electrons. The second kappa shape index (κ2) is 7.40. The maximum absolute atomic E-state index is 12.0. The molecule has 0 saturated heterocycles. The van der Waals surface area contributed by atoms with Crippen molar-refractivity contribution in [1.82, 2.24) is 20.3 Å². The standard InChI is InChI=1S/C13H23ClN6O/c1-6-7-15-11-17-10(14)18-12(19-11)16-8(2)9(21)20-13(3,4)5/h8H,6-7H2,1-5H3,(H,20,21)(H2,15,16,17,18,19). The molecule has 1 unspecified atom stereocenters. The number of carbonyl (C=O) groups is 1. The molecule has 0 bridgehead atoms. The fourth-order valence-electron chi connectivity index (χ4n) is 1.47. The van der Waals surface area contributed by atoms with Crippen LogP contribution < -0.4 is 16.0 Å². The molecule has 118 valence electrons. The van der Waals surface area contributed by atoms with Crippen LogP contribution in [0.1, 0.15) is 41.0 Å². The average Bonchev–Trinajstić information content (AvgIpc) is 2.33. The van der Waals surface area contributed by atoms with E-state index in [4.69, 9.17) is 11.6 Å². The quantitative estimate of drug-likeness (QED) is 0.744. The molecule has 1 heterocycles. The van der Waals surface area contributed by atoms with Gasteiger partial charge in [0.25, 0.3) is 0 Å². The summed E-state index contributed by atoms with van der Waals surface area (Å²) in [4.78, 5) is 24.1. The molecule has 1 rings (SSSR count). The van der Waals surface area contributed by atoms with E-state index in [9.17, 15) is 4.79 Å². The maximum Gasteiger partial charge on any atom is 0.242 e. The van der Waals surface area contributed by atoms with Crippen LogP contribution in [0.15, 0.2) is 0 Å². The largest absolute Gasteiger partial charge is 0.354 e. The minimum Gasteiger partial charge on any atom is -0.354 e. The van der Waals surface area contributed by atoms with Crippen molar-refractivity contribution < 1.29 is 4.79 Å². The first kappa shape index (κ1) is 17.4. The van der Waals surface area contributed by atoms with Crippen molar-refractivity contribution in [3.8, 4) is 0 Å². The first-order valence-corrected chi connectivity index (χ1v) is 7.33. The highest BCUT2D eigenvalue weighted by Crippen LogP contribution is 2.11. The van der Waals surface area contributed by atoms with E-state index in [1.165, 1.54) is 0 Å². The van der Waals surface area contributed by atoms with Crippen LogP contribution >= 0.6 is 11.6 Å². The molecule has 7 nitrogen and oxygen atoms in total. The summed E-state index contributed by atoms with van der Waals surface area (Å²) < 4.78 is 0. The van der Waals surface area contributed by atoms with Crippen molar-refractivity contribution in [3.63, 3.8) is 0 Å². The number of anilines is 2. The van der Waals surface area contributed by atoms with Crippen LogP contribution in [0.3, 0.4) is 0 Å². The number of aromatic nitrogens is 3. The van der Waals surface area contributed by atoms with Crippen LogP contribution in [0.5, 0.6) is 0 Å². The van der Waals surface area contributed by atoms with Crippen molar-refractivity contribution in [2.75, 3.05) is 17.2 Å². The Kier molecular flexibility index (Phi) is 6.14. The Morgan fingerprint density at radius 3 is 2.43 bits per heavy atom. The van der Waals surface area contributed by atoms with E-state index in [1.54, 1.807) is 6.92 Å². The molecule has 21 heavy (non-hydrogen) atoms. The summed E-state index contributed by atoms with van der Waals surface area (Å²) >= 11 is 5.86. The van der Waals surface area contributed by atoms with Gasteiger partial charge in [-0.15, -0.1) is 0 Å². The molecule has 0 fully saturated rings. The third-order valence-electron chi connectivity index (χ3n) is 2.38. The first-order chi connectivity index (χ1) is 9.71. The molecular weight excluding hydrogens is 292 g/mol. The van der Waals surface area contributed by atoms with Gasteiger partial charge in [-0.2, -0.15) is 15.0 Å². The van der Waals surface area contributed by atoms with Gasteiger partial charge in [-0.1, -0.05) is 6.92 Å². The highest BCUT2D eigenvalue weighted by Gasteiger charge is 2.20. The molecule has 0 aromatic carbocycles. The molecule has 1 atom stereocenters. The predicted molar refractivity (Wildman–Crippen MR) is 84.6 cm³/mol. The zero-order valence-corrected chi connectivity index (χ0v) is 13.9. The van der Waals surface area contributed by atoms with E-state index in [-0.39, 0.29) is 22.7 Å². The molecule has 0 spiro atoms. The van der Waals surface area contributed by atoms with E-state index in [1.807, 2.05) is 27.7 Å². The summed E-state index contributed by atoms with van der Waals surface area (Å²) in [6.45, 7) is 10.3. The van der Waals surface area contributed by atoms with Gasteiger partial charge >= 0.3 is 0 Å². The van der Waals surface area contributed by atoms with Gasteiger partial charge in [0.1, 0.15) is 6.04 Å². The number of rotatable bonds is 6. The van der Waals surface area contributed by atoms with Gasteiger partial charge < -0.3 is 16.0 Å². The fourth-order valence-corrected chi connectivity index (χ4v) is 1.63. The molecule has 1 aromatic heterocycles. The average molecular weight is 315 g/mol. The number of carbonyl (C=O) groups excluding carboxylic acids is 1. The van der Waals surface area contributed by atoms with Crippen LogP contribution in [0.2, 0.25) is 5.28 Å². The lowest BCUT2D eigenvalue weighted by molar-refractivity contribution is -0.122. The summed E-state index contributed by atoms with van der Waals surface area (Å²) in [6, 6.07) is -0.485. The van der Waals surface area contributed by atoms with Gasteiger partial charge in [0.15, 0.2) is 0 Å². The maximum atomic E-state index is 12.0. The molecule has 0 aliphatic heterocycles. The van der Waals surface area contributed by atoms with Crippen molar-refractivity contribution in [3.05, 3.63) is 5.28 Å². The molecule has 0 aliphatic rings. The Hall–Kier alpha value is -1.63. The number of nitrogens with zero attached hydrogens (tertiary/aromatic N) is 3. The third-order valence-corrected chi connectivity index (χ3v) is 2.55. The van der Waals surface area contributed by atoms with E-state index < -0.39 is 6.04 Å². The molecule has 8 heteroatoms. The Labute approximate surface area is 130 Å². The monoisotopic (exact) mass is 314 g/mol. The van der Waals surface area contributed by atoms with Gasteiger partial charge in [-0.3, -0.25) is 4.79 Å². The predicted octanol–water partition coefficient (Wildman–Crippen LogP) is 2.06. The Balaban J connectivity index is 2.73. The lowest BCUT2D eigenvalue weighted by Crippen LogP contribution is -2.47. The molecule has 0 aliphatic carbocycles. The smallest absolute Gasteiger partial charge is 0.242 e. The minimum atomic E-state index is -0.485. The molecule has 1 aromatic rings. The number of hydrogen-bond acceptors (Lipinski definition) is 6. The van der Waals surface area contributed by atoms with Gasteiger partial charge in [-0.25, -0.2) is 0 Å². The normalized spacial score (nSPS) is 12.7. The summed E-state index contributed by atoms with van der Waals surface area (Å²) in [5.41, 5.74) is -0.294. The summed E-state index contributed by atoms with van der Waals surface area (Å²) in [7, 11) is 0. The van der Waals surface area contributed by atoms with Crippen LogP contribution in [0, 0.1) is 0 Å². The fraction of sp³-hybridized carbons (Fsp3) is 0.692. The SMILES string of the molecule is CCCNc1nc(Cl)nc(NC(C)C(=O)NC(C)(C)C)n1. The summed E-state index contributed by atoms with van der Waals surface area (Å²) in [6.07, 6.45) is 0.941. The van der Waals surface area contributed by atoms with E-state index >= 15 is 0 Å². The third kappa shape index (κ3) is 6.57. The number of amides is 1. The van der Waals surface area contributed by atoms with Gasteiger partial charge in [0.05, 0.1) is 0 Å². The Bertz CT molecular complexity index is 488. The van der Waals surface area contributed by atoms with Crippen LogP contribution in [-0.2, 0) is 4.79 Å². The highest BCUT2D eigenvalue weighted by atomic mass is 35.5. The van der Waals surface area contributed by atoms with Crippen LogP contribution in [-0.4, -0.2) is 39.0 Å². The number of nitrogens with one attached hydrogen (secondary N) is 3. The minimum absolute atomic E-state index is 0.0783. The van der Waals surface area contributed by atoms with E-state index in [2.05, 4.69) is 30.9 Å². The van der Waals surface area contributed by atoms with E-state index in [0.717, 1.165) is 13.0 Å². The van der Waals surface area contributed by atoms with Crippen LogP contribution in [0.25, 0.3) is 0 Å². The van der Waals surface area contributed by atoms with Gasteiger partial charge in [0.2, 0.25) is 23.1 Å². The first-order valence-electron chi connectivity index (χ1n) is 6.95. The molecule has 0 saturated carbocycles. The summed E-state index contributed by atoms with van der Waals surface area (Å²) in [5, 5.41) is 8.91. The second-order valence-electron chi connectivity index (χ2n) is 5.78. The topological polar surface area (TPSA) is 91.8 Å². The Morgan fingerprint density at radius 1 is 1.24 bits per heavy atom. The number of hydrogen-bond donors (Lipinski definition) is 3.